The van der Waals surface area contributed by atoms with Crippen LogP contribution in [-0.2, 0) is 6.18 Å². The molecule has 0 spiro atoms. The maximum atomic E-state index is 12.9. The van der Waals surface area contributed by atoms with Crippen LogP contribution in [0.2, 0.25) is 0 Å². The first-order valence-corrected chi connectivity index (χ1v) is 6.43. The van der Waals surface area contributed by atoms with Crippen LogP contribution in [0.5, 0.6) is 0 Å². The lowest BCUT2D eigenvalue weighted by Gasteiger charge is -2.20. The zero-order valence-electron chi connectivity index (χ0n) is 10.6. The largest absolute Gasteiger partial charge is 0.418 e. The predicted octanol–water partition coefficient (Wildman–Crippen LogP) is 4.65. The summed E-state index contributed by atoms with van der Waals surface area (Å²) in [4.78, 5) is 0. The molecule has 1 heterocycles. The van der Waals surface area contributed by atoms with Gasteiger partial charge in [-0.05, 0) is 17.5 Å². The van der Waals surface area contributed by atoms with Gasteiger partial charge in [0.15, 0.2) is 0 Å². The van der Waals surface area contributed by atoms with Gasteiger partial charge in [-0.2, -0.15) is 13.2 Å². The van der Waals surface area contributed by atoms with Gasteiger partial charge in [-0.3, -0.25) is 0 Å². The summed E-state index contributed by atoms with van der Waals surface area (Å²) < 4.78 is 38.7. The van der Waals surface area contributed by atoms with Gasteiger partial charge >= 0.3 is 6.18 Å². The summed E-state index contributed by atoms with van der Waals surface area (Å²) in [6.07, 6.45) is -2.28. The summed E-state index contributed by atoms with van der Waals surface area (Å²) in [6.45, 7) is 4.81. The third-order valence-corrected chi connectivity index (χ3v) is 3.92. The molecule has 1 atom stereocenters. The number of anilines is 1. The van der Waals surface area contributed by atoms with Crippen LogP contribution < -0.4 is 5.32 Å². The summed E-state index contributed by atoms with van der Waals surface area (Å²) in [5.41, 5.74) is 0.592. The van der Waals surface area contributed by atoms with Crippen molar-refractivity contribution in [1.82, 2.24) is 0 Å². The molecule has 0 amide bonds. The Balaban J connectivity index is 2.41. The normalized spacial score (nSPS) is 18.9. The zero-order chi connectivity index (χ0) is 13.3. The highest BCUT2D eigenvalue weighted by Gasteiger charge is 2.38. The summed E-state index contributed by atoms with van der Waals surface area (Å²) in [5, 5.41) is 2.95. The van der Waals surface area contributed by atoms with Crippen LogP contribution in [0, 0.1) is 5.92 Å². The minimum Gasteiger partial charge on any atom is -0.384 e. The summed E-state index contributed by atoms with van der Waals surface area (Å²) in [6, 6.07) is 4.50. The van der Waals surface area contributed by atoms with Crippen molar-refractivity contribution in [1.29, 1.82) is 0 Å². The molecule has 1 aromatic rings. The highest BCUT2D eigenvalue weighted by atomic mass is 19.4. The molecule has 2 rings (SSSR count). The number of rotatable bonds is 3. The van der Waals surface area contributed by atoms with Crippen molar-refractivity contribution < 1.29 is 13.2 Å². The lowest BCUT2D eigenvalue weighted by molar-refractivity contribution is -0.136. The van der Waals surface area contributed by atoms with Gasteiger partial charge in [0.2, 0.25) is 0 Å². The molecule has 0 saturated heterocycles. The SMILES string of the molecule is CCC(CC)C1CNc2c1cccc2C(F)(F)F. The van der Waals surface area contributed by atoms with Gasteiger partial charge < -0.3 is 5.32 Å². The van der Waals surface area contributed by atoms with Crippen LogP contribution in [0.3, 0.4) is 0 Å². The first-order chi connectivity index (χ1) is 8.49. The number of halogens is 3. The summed E-state index contributed by atoms with van der Waals surface area (Å²) in [5.74, 6) is 0.652. The fourth-order valence-electron chi connectivity index (χ4n) is 2.91. The van der Waals surface area contributed by atoms with Crippen molar-refractivity contribution in [2.45, 2.75) is 38.8 Å². The third-order valence-electron chi connectivity index (χ3n) is 3.92. The highest BCUT2D eigenvalue weighted by Crippen LogP contribution is 2.45. The van der Waals surface area contributed by atoms with Crippen molar-refractivity contribution in [3.63, 3.8) is 0 Å². The molecular formula is C14H18F3N. The van der Waals surface area contributed by atoms with Crippen LogP contribution in [0.15, 0.2) is 18.2 Å². The van der Waals surface area contributed by atoms with E-state index in [2.05, 4.69) is 19.2 Å². The molecule has 1 nitrogen and oxygen atoms in total. The van der Waals surface area contributed by atoms with E-state index in [0.29, 0.717) is 18.2 Å². The smallest absolute Gasteiger partial charge is 0.384 e. The quantitative estimate of drug-likeness (QED) is 0.831. The molecule has 1 unspecified atom stereocenters. The van der Waals surface area contributed by atoms with E-state index >= 15 is 0 Å². The molecule has 100 valence electrons. The third kappa shape index (κ3) is 2.20. The molecule has 1 aliphatic heterocycles. The van der Waals surface area contributed by atoms with Crippen molar-refractivity contribution in [3.05, 3.63) is 29.3 Å². The second-order valence-electron chi connectivity index (χ2n) is 4.83. The monoisotopic (exact) mass is 257 g/mol. The highest BCUT2D eigenvalue weighted by molar-refractivity contribution is 5.64. The van der Waals surface area contributed by atoms with Crippen LogP contribution in [0.25, 0.3) is 0 Å². The van der Waals surface area contributed by atoms with Crippen LogP contribution >= 0.6 is 0 Å². The summed E-state index contributed by atoms with van der Waals surface area (Å²) >= 11 is 0. The Bertz CT molecular complexity index is 422. The van der Waals surface area contributed by atoms with Crippen LogP contribution in [-0.4, -0.2) is 6.54 Å². The topological polar surface area (TPSA) is 12.0 Å². The van der Waals surface area contributed by atoms with E-state index in [1.54, 1.807) is 0 Å². The molecule has 0 aromatic heterocycles. The number of nitrogens with one attached hydrogen (secondary N) is 1. The standard InChI is InChI=1S/C14H18F3N/c1-3-9(4-2)11-8-18-13-10(11)6-5-7-12(13)14(15,16)17/h5-7,9,11,18H,3-4,8H2,1-2H3. The number of benzene rings is 1. The number of fused-ring (bicyclic) bond motifs is 1. The van der Waals surface area contributed by atoms with Crippen LogP contribution in [0.1, 0.15) is 43.7 Å². The molecule has 0 radical (unpaired) electrons. The molecule has 4 heteroatoms. The Morgan fingerprint density at radius 3 is 2.50 bits per heavy atom. The van der Waals surface area contributed by atoms with Crippen molar-refractivity contribution in [2.75, 3.05) is 11.9 Å². The van der Waals surface area contributed by atoms with Crippen LogP contribution in [0.4, 0.5) is 18.9 Å². The lowest BCUT2D eigenvalue weighted by Crippen LogP contribution is -2.13. The first kappa shape index (κ1) is 13.2. The Labute approximate surface area is 105 Å². The van der Waals surface area contributed by atoms with Gasteiger partial charge in [0.1, 0.15) is 0 Å². The zero-order valence-corrected chi connectivity index (χ0v) is 10.6. The lowest BCUT2D eigenvalue weighted by atomic mass is 9.83. The van der Waals surface area contributed by atoms with Gasteiger partial charge in [-0.1, -0.05) is 38.8 Å². The number of hydrogen-bond donors (Lipinski definition) is 1. The Hall–Kier alpha value is -1.19. The number of hydrogen-bond acceptors (Lipinski definition) is 1. The van der Waals surface area contributed by atoms with Gasteiger partial charge in [0.05, 0.1) is 5.56 Å². The number of para-hydroxylation sites is 1. The average Bonchev–Trinajstić information content (AvgIpc) is 2.73. The van der Waals surface area contributed by atoms with E-state index in [4.69, 9.17) is 0 Å². The molecule has 0 fully saturated rings. The Morgan fingerprint density at radius 2 is 1.94 bits per heavy atom. The van der Waals surface area contributed by atoms with Gasteiger partial charge in [0.25, 0.3) is 0 Å². The summed E-state index contributed by atoms with van der Waals surface area (Å²) in [7, 11) is 0. The Kier molecular flexibility index (Phi) is 3.55. The van der Waals surface area contributed by atoms with Crippen molar-refractivity contribution >= 4 is 5.69 Å². The molecule has 0 bridgehead atoms. The van der Waals surface area contributed by atoms with E-state index in [1.807, 2.05) is 6.07 Å². The Morgan fingerprint density at radius 1 is 1.28 bits per heavy atom. The molecule has 1 aliphatic rings. The second-order valence-corrected chi connectivity index (χ2v) is 4.83. The molecule has 1 N–H and O–H groups in total. The van der Waals surface area contributed by atoms with E-state index in [0.717, 1.165) is 24.5 Å². The van der Waals surface area contributed by atoms with Crippen molar-refractivity contribution in [2.24, 2.45) is 5.92 Å². The molecule has 18 heavy (non-hydrogen) atoms. The van der Waals surface area contributed by atoms with Gasteiger partial charge in [-0.25, -0.2) is 0 Å². The van der Waals surface area contributed by atoms with Gasteiger partial charge in [0, 0.05) is 18.2 Å². The number of alkyl halides is 3. The average molecular weight is 257 g/mol. The maximum Gasteiger partial charge on any atom is 0.418 e. The minimum absolute atomic E-state index is 0.206. The van der Waals surface area contributed by atoms with E-state index in [1.165, 1.54) is 6.07 Å². The minimum atomic E-state index is -4.28. The van der Waals surface area contributed by atoms with E-state index < -0.39 is 11.7 Å². The fraction of sp³-hybridized carbons (Fsp3) is 0.571. The first-order valence-electron chi connectivity index (χ1n) is 6.43. The van der Waals surface area contributed by atoms with E-state index in [-0.39, 0.29) is 5.92 Å². The maximum absolute atomic E-state index is 12.9. The van der Waals surface area contributed by atoms with Gasteiger partial charge in [-0.15, -0.1) is 0 Å². The molecule has 1 aromatic carbocycles. The second kappa shape index (κ2) is 4.82. The molecule has 0 saturated carbocycles. The predicted molar refractivity (Wildman–Crippen MR) is 66.7 cm³/mol. The molecular weight excluding hydrogens is 239 g/mol. The fourth-order valence-corrected chi connectivity index (χ4v) is 2.91. The van der Waals surface area contributed by atoms with E-state index in [9.17, 15) is 13.2 Å². The molecule has 0 aliphatic carbocycles. The van der Waals surface area contributed by atoms with Crippen molar-refractivity contribution in [3.8, 4) is 0 Å².